The van der Waals surface area contributed by atoms with Crippen LogP contribution in [0.1, 0.15) is 49.5 Å². The summed E-state index contributed by atoms with van der Waals surface area (Å²) < 4.78 is 12.8. The number of amides is 2. The van der Waals surface area contributed by atoms with Crippen molar-refractivity contribution in [2.75, 3.05) is 17.7 Å². The first-order chi connectivity index (χ1) is 17.7. The molecule has 0 fully saturated rings. The summed E-state index contributed by atoms with van der Waals surface area (Å²) in [5.74, 6) is -0.382. The van der Waals surface area contributed by atoms with Gasteiger partial charge in [0.05, 0.1) is 22.8 Å². The van der Waals surface area contributed by atoms with Crippen LogP contribution in [0, 0.1) is 20.8 Å². The Morgan fingerprint density at radius 2 is 2.00 bits per heavy atom. The molecule has 0 spiro atoms. The lowest BCUT2D eigenvalue weighted by Gasteiger charge is -2.11. The number of carbonyl (C=O) groups excluding carboxylic acids is 3. The molecule has 0 saturated carbocycles. The molecule has 12 heteroatoms. The minimum Gasteiger partial charge on any atom is -0.485 e. The Morgan fingerprint density at radius 1 is 1.24 bits per heavy atom. The summed E-state index contributed by atoms with van der Waals surface area (Å²) in [4.78, 5) is 37.2. The van der Waals surface area contributed by atoms with Gasteiger partial charge in [0.25, 0.3) is 5.91 Å². The van der Waals surface area contributed by atoms with Crippen LogP contribution in [0.5, 0.6) is 5.75 Å². The van der Waals surface area contributed by atoms with Crippen molar-refractivity contribution in [1.29, 1.82) is 0 Å². The van der Waals surface area contributed by atoms with Crippen LogP contribution >= 0.6 is 23.1 Å². The van der Waals surface area contributed by atoms with Crippen LogP contribution in [-0.2, 0) is 22.7 Å². The van der Waals surface area contributed by atoms with E-state index in [0.29, 0.717) is 23.1 Å². The van der Waals surface area contributed by atoms with Gasteiger partial charge in [-0.25, -0.2) is 4.79 Å². The van der Waals surface area contributed by atoms with E-state index in [1.165, 1.54) is 11.8 Å². The highest BCUT2D eigenvalue weighted by molar-refractivity contribution is 7.99. The van der Waals surface area contributed by atoms with Crippen molar-refractivity contribution in [1.82, 2.24) is 14.8 Å². The third kappa shape index (κ3) is 6.77. The van der Waals surface area contributed by atoms with Gasteiger partial charge in [-0.3, -0.25) is 14.2 Å². The first kappa shape index (κ1) is 27.9. The molecule has 37 heavy (non-hydrogen) atoms. The normalized spacial score (nSPS) is 10.7. The highest BCUT2D eigenvalue weighted by Gasteiger charge is 2.26. The van der Waals surface area contributed by atoms with Crippen molar-refractivity contribution in [3.05, 3.63) is 63.8 Å². The summed E-state index contributed by atoms with van der Waals surface area (Å²) in [6, 6.07) is 5.93. The van der Waals surface area contributed by atoms with Gasteiger partial charge in [-0.1, -0.05) is 35.5 Å². The molecule has 0 aliphatic rings. The number of nitrogens with two attached hydrogens (primary N) is 1. The van der Waals surface area contributed by atoms with E-state index >= 15 is 0 Å². The Bertz CT molecular complexity index is 1330. The second-order valence-corrected chi connectivity index (χ2v) is 10.0. The predicted molar refractivity (Wildman–Crippen MR) is 143 cm³/mol. The van der Waals surface area contributed by atoms with Gasteiger partial charge < -0.3 is 20.5 Å². The van der Waals surface area contributed by atoms with E-state index in [1.807, 2.05) is 36.6 Å². The Kier molecular flexibility index (Phi) is 9.48. The third-order valence-corrected chi connectivity index (χ3v) is 7.42. The fraction of sp³-hybridized carbons (Fsp3) is 0.320. The maximum Gasteiger partial charge on any atom is 0.341 e. The third-order valence-electron chi connectivity index (χ3n) is 5.23. The van der Waals surface area contributed by atoms with Crippen LogP contribution in [0.3, 0.4) is 0 Å². The highest BCUT2D eigenvalue weighted by Crippen LogP contribution is 2.34. The number of aryl methyl sites for hydroxylation is 2. The second-order valence-electron chi connectivity index (χ2n) is 8.04. The van der Waals surface area contributed by atoms with E-state index < -0.39 is 17.8 Å². The summed E-state index contributed by atoms with van der Waals surface area (Å²) in [5.41, 5.74) is 8.09. The molecule has 196 valence electrons. The molecule has 0 radical (unpaired) electrons. The molecule has 2 amide bonds. The molecule has 3 N–H and O–H groups in total. The number of carbonyl (C=O) groups is 3. The molecule has 0 saturated heterocycles. The summed E-state index contributed by atoms with van der Waals surface area (Å²) in [6.45, 7) is 11.8. The topological polar surface area (TPSA) is 138 Å². The van der Waals surface area contributed by atoms with Crippen molar-refractivity contribution >= 4 is 45.9 Å². The molecule has 3 aromatic rings. The van der Waals surface area contributed by atoms with Gasteiger partial charge in [0.1, 0.15) is 17.4 Å². The average molecular weight is 544 g/mol. The van der Waals surface area contributed by atoms with Gasteiger partial charge in [-0.05, 0) is 44.9 Å². The number of thiophene rings is 1. The second kappa shape index (κ2) is 12.5. The molecular formula is C25H29N5O5S2. The zero-order chi connectivity index (χ0) is 27.1. The highest BCUT2D eigenvalue weighted by atomic mass is 32.2. The van der Waals surface area contributed by atoms with E-state index in [-0.39, 0.29) is 34.4 Å². The Morgan fingerprint density at radius 3 is 2.65 bits per heavy atom. The van der Waals surface area contributed by atoms with Gasteiger partial charge >= 0.3 is 5.97 Å². The van der Waals surface area contributed by atoms with Crippen LogP contribution in [-0.4, -0.2) is 44.9 Å². The average Bonchev–Trinajstić information content (AvgIpc) is 3.37. The minimum atomic E-state index is -0.684. The molecule has 2 aromatic heterocycles. The molecule has 0 aliphatic heterocycles. The molecule has 1 aromatic carbocycles. The maximum atomic E-state index is 12.8. The molecule has 0 unspecified atom stereocenters. The standard InChI is InChI=1S/C25H29N5O5S2/c1-6-10-30-18(12-35-17-9-8-14(3)11-15(17)4)28-29-25(30)36-13-19(31)27-23-20(24(33)34-7-2)16(5)21(37-23)22(26)32/h6,8-9,11H,1,7,10,12-13H2,2-5H3,(H2,26,32)(H,27,31). The van der Waals surface area contributed by atoms with Gasteiger partial charge in [0, 0.05) is 6.54 Å². The lowest BCUT2D eigenvalue weighted by Crippen LogP contribution is -2.17. The van der Waals surface area contributed by atoms with Gasteiger partial charge in [0.2, 0.25) is 5.91 Å². The van der Waals surface area contributed by atoms with E-state index in [0.717, 1.165) is 28.2 Å². The van der Waals surface area contributed by atoms with Crippen LogP contribution in [0.2, 0.25) is 0 Å². The molecule has 10 nitrogen and oxygen atoms in total. The number of esters is 1. The van der Waals surface area contributed by atoms with Crippen LogP contribution in [0.15, 0.2) is 36.0 Å². The number of hydrogen-bond donors (Lipinski definition) is 2. The number of thioether (sulfide) groups is 1. The van der Waals surface area contributed by atoms with Crippen LogP contribution in [0.25, 0.3) is 0 Å². The van der Waals surface area contributed by atoms with Gasteiger partial charge in [-0.15, -0.1) is 28.1 Å². The number of rotatable bonds is 12. The SMILES string of the molecule is C=CCn1c(COc2ccc(C)cc2C)nnc1SCC(=O)Nc1sc(C(N)=O)c(C)c1C(=O)OCC. The first-order valence-corrected chi connectivity index (χ1v) is 13.2. The number of aromatic nitrogens is 3. The molecular weight excluding hydrogens is 514 g/mol. The van der Waals surface area contributed by atoms with Crippen molar-refractivity contribution < 1.29 is 23.9 Å². The molecule has 2 heterocycles. The smallest absolute Gasteiger partial charge is 0.341 e. The van der Waals surface area contributed by atoms with E-state index in [2.05, 4.69) is 22.1 Å². The summed E-state index contributed by atoms with van der Waals surface area (Å²) in [6.07, 6.45) is 1.71. The largest absolute Gasteiger partial charge is 0.485 e. The monoisotopic (exact) mass is 543 g/mol. The van der Waals surface area contributed by atoms with Crippen LogP contribution < -0.4 is 15.8 Å². The minimum absolute atomic E-state index is 0.0156. The van der Waals surface area contributed by atoms with E-state index in [9.17, 15) is 14.4 Å². The number of benzene rings is 1. The molecule has 0 aliphatic carbocycles. The fourth-order valence-corrected chi connectivity index (χ4v) is 5.36. The molecule has 3 rings (SSSR count). The van der Waals surface area contributed by atoms with Gasteiger partial charge in [-0.2, -0.15) is 0 Å². The Hall–Kier alpha value is -3.64. The van der Waals surface area contributed by atoms with Gasteiger partial charge in [0.15, 0.2) is 11.0 Å². The number of primary amides is 1. The zero-order valence-electron chi connectivity index (χ0n) is 21.1. The number of hydrogen-bond acceptors (Lipinski definition) is 9. The van der Waals surface area contributed by atoms with Crippen molar-refractivity contribution in [2.45, 2.75) is 46.0 Å². The number of allylic oxidation sites excluding steroid dienone is 1. The molecule has 0 atom stereocenters. The predicted octanol–water partition coefficient (Wildman–Crippen LogP) is 4.04. The number of ether oxygens (including phenoxy) is 2. The summed E-state index contributed by atoms with van der Waals surface area (Å²) >= 11 is 2.12. The van der Waals surface area contributed by atoms with Crippen molar-refractivity contribution in [2.24, 2.45) is 5.73 Å². The fourth-order valence-electron chi connectivity index (χ4n) is 3.53. The molecule has 0 bridgehead atoms. The lowest BCUT2D eigenvalue weighted by atomic mass is 10.1. The summed E-state index contributed by atoms with van der Waals surface area (Å²) in [5, 5.41) is 11.9. The Balaban J connectivity index is 1.71. The lowest BCUT2D eigenvalue weighted by molar-refractivity contribution is -0.113. The number of nitrogens with zero attached hydrogens (tertiary/aromatic N) is 3. The van der Waals surface area contributed by atoms with Crippen molar-refractivity contribution in [3.8, 4) is 5.75 Å². The quantitative estimate of drug-likeness (QED) is 0.198. The first-order valence-electron chi connectivity index (χ1n) is 11.4. The van der Waals surface area contributed by atoms with E-state index in [1.54, 1.807) is 19.9 Å². The van der Waals surface area contributed by atoms with Crippen molar-refractivity contribution in [3.63, 3.8) is 0 Å². The maximum absolute atomic E-state index is 12.8. The Labute approximate surface area is 223 Å². The number of nitrogens with one attached hydrogen (secondary N) is 1. The van der Waals surface area contributed by atoms with Crippen LogP contribution in [0.4, 0.5) is 5.00 Å². The summed E-state index contributed by atoms with van der Waals surface area (Å²) in [7, 11) is 0. The zero-order valence-corrected chi connectivity index (χ0v) is 22.8. The van der Waals surface area contributed by atoms with E-state index in [4.69, 9.17) is 15.2 Å². The number of anilines is 1.